The maximum absolute atomic E-state index is 11.0. The molecule has 0 aliphatic carbocycles. The van der Waals surface area contributed by atoms with E-state index in [1.807, 2.05) is 12.1 Å². The Labute approximate surface area is 121 Å². The highest BCUT2D eigenvalue weighted by Crippen LogP contribution is 2.36. The lowest BCUT2D eigenvalue weighted by atomic mass is 10.3. The van der Waals surface area contributed by atoms with Crippen LogP contribution in [0, 0.1) is 13.7 Å². The molecule has 0 spiro atoms. The van der Waals surface area contributed by atoms with Crippen LogP contribution < -0.4 is 9.47 Å². The van der Waals surface area contributed by atoms with E-state index in [2.05, 4.69) is 32.6 Å². The molecular weight excluding hydrogens is 365 g/mol. The molecule has 7 nitrogen and oxygen atoms in total. The van der Waals surface area contributed by atoms with Gasteiger partial charge in [0.2, 0.25) is 0 Å². The van der Waals surface area contributed by atoms with Crippen LogP contribution in [0.5, 0.6) is 17.5 Å². The van der Waals surface area contributed by atoms with Gasteiger partial charge < -0.3 is 9.47 Å². The Bertz CT molecular complexity index is 621. The minimum atomic E-state index is -0.635. The maximum Gasteiger partial charge on any atom is 0.392 e. The molecule has 0 aliphatic heterocycles. The molecule has 2 aromatic rings. The lowest BCUT2D eigenvalue weighted by Crippen LogP contribution is -2.01. The van der Waals surface area contributed by atoms with Crippen LogP contribution in [0.1, 0.15) is 0 Å². The minimum absolute atomic E-state index is 0.138. The van der Waals surface area contributed by atoms with E-state index in [1.165, 1.54) is 7.11 Å². The summed E-state index contributed by atoms with van der Waals surface area (Å²) < 4.78 is 11.1. The van der Waals surface area contributed by atoms with Crippen LogP contribution in [0.3, 0.4) is 0 Å². The van der Waals surface area contributed by atoms with E-state index in [-0.39, 0.29) is 11.8 Å². The van der Waals surface area contributed by atoms with Crippen LogP contribution >= 0.6 is 22.6 Å². The molecule has 0 atom stereocenters. The van der Waals surface area contributed by atoms with Crippen molar-refractivity contribution in [2.45, 2.75) is 0 Å². The van der Waals surface area contributed by atoms with E-state index >= 15 is 0 Å². The van der Waals surface area contributed by atoms with Gasteiger partial charge in [-0.3, -0.25) is 10.1 Å². The van der Waals surface area contributed by atoms with Gasteiger partial charge in [-0.25, -0.2) is 0 Å². The van der Waals surface area contributed by atoms with Crippen molar-refractivity contribution in [2.24, 2.45) is 0 Å². The Morgan fingerprint density at radius 1 is 1.26 bits per heavy atom. The van der Waals surface area contributed by atoms with Crippen molar-refractivity contribution in [1.29, 1.82) is 0 Å². The van der Waals surface area contributed by atoms with Gasteiger partial charge in [0, 0.05) is 0 Å². The number of nitrogens with zero attached hydrogens (tertiary/aromatic N) is 3. The lowest BCUT2D eigenvalue weighted by Gasteiger charge is -2.07. The van der Waals surface area contributed by atoms with Crippen LogP contribution in [0.4, 0.5) is 5.69 Å². The number of nitro groups is 1. The van der Waals surface area contributed by atoms with Gasteiger partial charge in [0.05, 0.1) is 15.6 Å². The third-order valence-corrected chi connectivity index (χ3v) is 3.07. The zero-order valence-electron chi connectivity index (χ0n) is 9.74. The summed E-state index contributed by atoms with van der Waals surface area (Å²) in [6.07, 6.45) is 1.15. The Balaban J connectivity index is 2.46. The molecule has 2 rings (SSSR count). The van der Waals surface area contributed by atoms with Crippen molar-refractivity contribution in [3.05, 3.63) is 44.3 Å². The van der Waals surface area contributed by atoms with Crippen LogP contribution in [0.2, 0.25) is 0 Å². The summed E-state index contributed by atoms with van der Waals surface area (Å²) in [4.78, 5) is 17.9. The zero-order chi connectivity index (χ0) is 13.8. The molecule has 1 aromatic carbocycles. The first-order valence-electron chi connectivity index (χ1n) is 5.09. The molecule has 98 valence electrons. The second kappa shape index (κ2) is 5.78. The van der Waals surface area contributed by atoms with Crippen molar-refractivity contribution in [2.75, 3.05) is 7.11 Å². The number of para-hydroxylation sites is 1. The highest BCUT2D eigenvalue weighted by atomic mass is 127. The highest BCUT2D eigenvalue weighted by Gasteiger charge is 2.26. The molecule has 0 unspecified atom stereocenters. The monoisotopic (exact) mass is 373 g/mol. The molecule has 1 heterocycles. The fourth-order valence-electron chi connectivity index (χ4n) is 1.36. The fourth-order valence-corrected chi connectivity index (χ4v) is 1.86. The summed E-state index contributed by atoms with van der Waals surface area (Å²) in [6.45, 7) is 0. The van der Waals surface area contributed by atoms with Gasteiger partial charge in [0.1, 0.15) is 12.1 Å². The first-order valence-corrected chi connectivity index (χ1v) is 6.17. The highest BCUT2D eigenvalue weighted by molar-refractivity contribution is 14.1. The molecule has 0 bridgehead atoms. The van der Waals surface area contributed by atoms with Gasteiger partial charge in [-0.15, -0.1) is 0 Å². The predicted octanol–water partition coefficient (Wildman–Crippen LogP) is 2.79. The van der Waals surface area contributed by atoms with Gasteiger partial charge >= 0.3 is 17.4 Å². The maximum atomic E-state index is 11.0. The van der Waals surface area contributed by atoms with Crippen molar-refractivity contribution in [3.8, 4) is 17.5 Å². The number of rotatable bonds is 4. The fraction of sp³-hybridized carbons (Fsp3) is 0.0909. The molecule has 1 aromatic heterocycles. The number of aromatic nitrogens is 2. The average Bonchev–Trinajstić information content (AvgIpc) is 2.40. The van der Waals surface area contributed by atoms with E-state index < -0.39 is 10.6 Å². The van der Waals surface area contributed by atoms with E-state index in [1.54, 1.807) is 12.1 Å². The molecule has 0 fully saturated rings. The number of hydrogen-bond acceptors (Lipinski definition) is 6. The first kappa shape index (κ1) is 13.5. The minimum Gasteiger partial charge on any atom is -0.476 e. The zero-order valence-corrected chi connectivity index (χ0v) is 11.9. The number of ether oxygens (including phenoxy) is 2. The summed E-state index contributed by atoms with van der Waals surface area (Å²) >= 11 is 2.06. The summed E-state index contributed by atoms with van der Waals surface area (Å²) in [7, 11) is 1.30. The lowest BCUT2D eigenvalue weighted by molar-refractivity contribution is -0.387. The Hall–Kier alpha value is -1.97. The van der Waals surface area contributed by atoms with Crippen LogP contribution in [-0.4, -0.2) is 22.0 Å². The van der Waals surface area contributed by atoms with Crippen molar-refractivity contribution in [3.63, 3.8) is 0 Å². The van der Waals surface area contributed by atoms with Gasteiger partial charge in [0.25, 0.3) is 0 Å². The molecule has 0 N–H and O–H groups in total. The van der Waals surface area contributed by atoms with E-state index in [0.29, 0.717) is 5.75 Å². The quantitative estimate of drug-likeness (QED) is 0.465. The summed E-state index contributed by atoms with van der Waals surface area (Å²) in [5.74, 6) is 0.189. The standard InChI is InChI=1S/C11H8IN3O4/c1-18-10-9(15(16)17)11(14-6-13-10)19-8-5-3-2-4-7(8)12/h2-6H,1H3. The topological polar surface area (TPSA) is 87.4 Å². The second-order valence-corrected chi connectivity index (χ2v) is 4.49. The first-order chi connectivity index (χ1) is 9.13. The number of benzene rings is 1. The summed E-state index contributed by atoms with van der Waals surface area (Å²) in [6, 6.07) is 7.12. The molecule has 0 amide bonds. The van der Waals surface area contributed by atoms with E-state index in [0.717, 1.165) is 9.90 Å². The summed E-state index contributed by atoms with van der Waals surface area (Å²) in [5, 5.41) is 11.0. The van der Waals surface area contributed by atoms with Crippen molar-refractivity contribution < 1.29 is 14.4 Å². The third-order valence-electron chi connectivity index (χ3n) is 2.17. The molecule has 8 heteroatoms. The van der Waals surface area contributed by atoms with Gasteiger partial charge in [0.15, 0.2) is 0 Å². The number of halogens is 1. The Morgan fingerprint density at radius 2 is 1.95 bits per heavy atom. The van der Waals surface area contributed by atoms with E-state index in [9.17, 15) is 10.1 Å². The van der Waals surface area contributed by atoms with Crippen molar-refractivity contribution >= 4 is 28.3 Å². The third kappa shape index (κ3) is 2.89. The van der Waals surface area contributed by atoms with Crippen LogP contribution in [0.25, 0.3) is 0 Å². The predicted molar refractivity (Wildman–Crippen MR) is 74.5 cm³/mol. The molecule has 0 aliphatic rings. The Morgan fingerprint density at radius 3 is 2.58 bits per heavy atom. The normalized spacial score (nSPS) is 10.0. The van der Waals surface area contributed by atoms with Crippen molar-refractivity contribution in [1.82, 2.24) is 9.97 Å². The van der Waals surface area contributed by atoms with Crippen LogP contribution in [0.15, 0.2) is 30.6 Å². The second-order valence-electron chi connectivity index (χ2n) is 3.33. The molecular formula is C11H8IN3O4. The smallest absolute Gasteiger partial charge is 0.392 e. The Kier molecular flexibility index (Phi) is 4.10. The molecule has 0 saturated carbocycles. The van der Waals surface area contributed by atoms with E-state index in [4.69, 9.17) is 9.47 Å². The van der Waals surface area contributed by atoms with Gasteiger partial charge in [-0.2, -0.15) is 9.97 Å². The molecule has 19 heavy (non-hydrogen) atoms. The number of hydrogen-bond donors (Lipinski definition) is 0. The SMILES string of the molecule is COc1ncnc(Oc2ccccc2I)c1[N+](=O)[O-]. The number of methoxy groups -OCH3 is 1. The average molecular weight is 373 g/mol. The van der Waals surface area contributed by atoms with Gasteiger partial charge in [-0.1, -0.05) is 12.1 Å². The van der Waals surface area contributed by atoms with Crippen LogP contribution in [-0.2, 0) is 0 Å². The molecule has 0 radical (unpaired) electrons. The molecule has 0 saturated heterocycles. The van der Waals surface area contributed by atoms with Gasteiger partial charge in [-0.05, 0) is 34.7 Å². The summed E-state index contributed by atoms with van der Waals surface area (Å²) in [5.41, 5.74) is -0.398. The largest absolute Gasteiger partial charge is 0.476 e.